The van der Waals surface area contributed by atoms with Gasteiger partial charge in [0, 0.05) is 11.6 Å². The number of aryl methyl sites for hydroxylation is 1. The minimum absolute atomic E-state index is 0.0470. The first-order valence-corrected chi connectivity index (χ1v) is 8.76. The van der Waals surface area contributed by atoms with Gasteiger partial charge in [0.15, 0.2) is 11.5 Å². The summed E-state index contributed by atoms with van der Waals surface area (Å²) in [5.74, 6) is -0.205. The molecule has 142 valence electrons. The van der Waals surface area contributed by atoms with Gasteiger partial charge in [0.1, 0.15) is 0 Å². The van der Waals surface area contributed by atoms with E-state index in [0.717, 1.165) is 24.8 Å². The maximum Gasteiger partial charge on any atom is 0.387 e. The molecule has 0 saturated carbocycles. The number of para-hydroxylation sites is 1. The Balaban J connectivity index is 1.74. The summed E-state index contributed by atoms with van der Waals surface area (Å²) >= 11 is 0. The molecule has 4 nitrogen and oxygen atoms in total. The summed E-state index contributed by atoms with van der Waals surface area (Å²) < 4.78 is 35.0. The molecule has 1 unspecified atom stereocenters. The summed E-state index contributed by atoms with van der Waals surface area (Å²) in [5, 5.41) is 2.99. The van der Waals surface area contributed by atoms with Crippen molar-refractivity contribution in [2.75, 3.05) is 7.11 Å². The van der Waals surface area contributed by atoms with E-state index < -0.39 is 6.61 Å². The molecule has 3 rings (SSSR count). The van der Waals surface area contributed by atoms with Crippen LogP contribution < -0.4 is 14.8 Å². The Morgan fingerprint density at radius 2 is 2.04 bits per heavy atom. The van der Waals surface area contributed by atoms with Gasteiger partial charge in [-0.2, -0.15) is 8.78 Å². The number of methoxy groups -OCH3 is 1. The number of carbonyl (C=O) groups excluding carboxylic acids is 1. The van der Waals surface area contributed by atoms with Gasteiger partial charge in [-0.05, 0) is 42.5 Å². The topological polar surface area (TPSA) is 47.6 Å². The Hall–Kier alpha value is -2.89. The number of hydrogen-bond acceptors (Lipinski definition) is 3. The summed E-state index contributed by atoms with van der Waals surface area (Å²) in [6.07, 6.45) is 5.66. The minimum atomic E-state index is -2.99. The first kappa shape index (κ1) is 18.9. The SMILES string of the molecule is COc1cccc(C=CC(=O)NC2CCCc3ccccc32)c1OC(F)F. The molecule has 0 heterocycles. The number of hydrogen-bond donors (Lipinski definition) is 1. The number of benzene rings is 2. The van der Waals surface area contributed by atoms with E-state index in [2.05, 4.69) is 16.1 Å². The van der Waals surface area contributed by atoms with Crippen molar-refractivity contribution in [2.24, 2.45) is 0 Å². The second-order valence-electron chi connectivity index (χ2n) is 6.24. The summed E-state index contributed by atoms with van der Waals surface area (Å²) in [4.78, 5) is 12.4. The maximum atomic E-state index is 12.7. The van der Waals surface area contributed by atoms with Gasteiger partial charge >= 0.3 is 6.61 Å². The molecular weight excluding hydrogens is 352 g/mol. The van der Waals surface area contributed by atoms with E-state index >= 15 is 0 Å². The highest BCUT2D eigenvalue weighted by atomic mass is 19.3. The Labute approximate surface area is 156 Å². The quantitative estimate of drug-likeness (QED) is 0.758. The van der Waals surface area contributed by atoms with Crippen LogP contribution >= 0.6 is 0 Å². The van der Waals surface area contributed by atoms with Crippen molar-refractivity contribution in [3.8, 4) is 11.5 Å². The molecule has 0 spiro atoms. The fourth-order valence-corrected chi connectivity index (χ4v) is 3.33. The van der Waals surface area contributed by atoms with E-state index in [1.807, 2.05) is 18.2 Å². The zero-order valence-electron chi connectivity index (χ0n) is 15.0. The summed E-state index contributed by atoms with van der Waals surface area (Å²) in [7, 11) is 1.37. The maximum absolute atomic E-state index is 12.7. The van der Waals surface area contributed by atoms with Crippen molar-refractivity contribution in [3.63, 3.8) is 0 Å². The van der Waals surface area contributed by atoms with Crippen molar-refractivity contribution < 1.29 is 23.0 Å². The number of ether oxygens (including phenoxy) is 2. The van der Waals surface area contributed by atoms with Crippen molar-refractivity contribution in [2.45, 2.75) is 31.9 Å². The van der Waals surface area contributed by atoms with Crippen LogP contribution in [0.15, 0.2) is 48.5 Å². The standard InChI is InChI=1S/C21H21F2NO3/c1-26-18-11-5-8-15(20(18)27-21(22)23)12-13-19(25)24-17-10-4-7-14-6-2-3-9-16(14)17/h2-3,5-6,8-9,11-13,17,21H,4,7,10H2,1H3,(H,24,25). The van der Waals surface area contributed by atoms with E-state index in [1.54, 1.807) is 12.1 Å². The van der Waals surface area contributed by atoms with Crippen LogP contribution in [0.4, 0.5) is 8.78 Å². The molecule has 2 aromatic carbocycles. The number of rotatable bonds is 6. The van der Waals surface area contributed by atoms with Crippen LogP contribution in [0.1, 0.15) is 35.6 Å². The van der Waals surface area contributed by atoms with Gasteiger partial charge in [-0.3, -0.25) is 4.79 Å². The predicted octanol–water partition coefficient (Wildman–Crippen LogP) is 4.50. The molecule has 0 aliphatic heterocycles. The van der Waals surface area contributed by atoms with Gasteiger partial charge in [-0.1, -0.05) is 36.4 Å². The Morgan fingerprint density at radius 3 is 2.81 bits per heavy atom. The molecule has 1 aliphatic rings. The fraction of sp³-hybridized carbons (Fsp3) is 0.286. The van der Waals surface area contributed by atoms with Gasteiger partial charge in [0.2, 0.25) is 5.91 Å². The lowest BCUT2D eigenvalue weighted by Crippen LogP contribution is -2.29. The van der Waals surface area contributed by atoms with Crippen LogP contribution in [0.5, 0.6) is 11.5 Å². The first-order valence-electron chi connectivity index (χ1n) is 8.76. The number of fused-ring (bicyclic) bond motifs is 1. The molecule has 2 aromatic rings. The third-order valence-electron chi connectivity index (χ3n) is 4.54. The number of amides is 1. The normalized spacial score (nSPS) is 16.2. The molecule has 6 heteroatoms. The highest BCUT2D eigenvalue weighted by molar-refractivity contribution is 5.92. The van der Waals surface area contributed by atoms with Crippen LogP contribution in [0.3, 0.4) is 0 Å². The van der Waals surface area contributed by atoms with Crippen LogP contribution in [-0.4, -0.2) is 19.6 Å². The van der Waals surface area contributed by atoms with E-state index in [9.17, 15) is 13.6 Å². The van der Waals surface area contributed by atoms with Gasteiger partial charge in [0.25, 0.3) is 0 Å². The Bertz CT molecular complexity index is 836. The lowest BCUT2D eigenvalue weighted by molar-refractivity contribution is -0.117. The van der Waals surface area contributed by atoms with Crippen LogP contribution in [0.25, 0.3) is 6.08 Å². The molecule has 0 fully saturated rings. The lowest BCUT2D eigenvalue weighted by atomic mass is 9.88. The molecular formula is C21H21F2NO3. The molecule has 0 bridgehead atoms. The van der Waals surface area contributed by atoms with E-state index in [1.165, 1.54) is 30.9 Å². The Kier molecular flexibility index (Phi) is 6.06. The molecule has 1 N–H and O–H groups in total. The second-order valence-corrected chi connectivity index (χ2v) is 6.24. The average molecular weight is 373 g/mol. The minimum Gasteiger partial charge on any atom is -0.493 e. The summed E-state index contributed by atoms with van der Waals surface area (Å²) in [6.45, 7) is -2.99. The van der Waals surface area contributed by atoms with Crippen LogP contribution in [-0.2, 0) is 11.2 Å². The van der Waals surface area contributed by atoms with Crippen molar-refractivity contribution in [3.05, 3.63) is 65.2 Å². The van der Waals surface area contributed by atoms with E-state index in [-0.39, 0.29) is 23.4 Å². The molecule has 0 aromatic heterocycles. The monoisotopic (exact) mass is 373 g/mol. The van der Waals surface area contributed by atoms with Crippen molar-refractivity contribution >= 4 is 12.0 Å². The summed E-state index contributed by atoms with van der Waals surface area (Å²) in [5.41, 5.74) is 2.72. The third-order valence-corrected chi connectivity index (χ3v) is 4.54. The number of nitrogens with one attached hydrogen (secondary N) is 1. The van der Waals surface area contributed by atoms with Gasteiger partial charge < -0.3 is 14.8 Å². The van der Waals surface area contributed by atoms with Crippen LogP contribution in [0, 0.1) is 0 Å². The van der Waals surface area contributed by atoms with Gasteiger partial charge in [-0.15, -0.1) is 0 Å². The van der Waals surface area contributed by atoms with E-state index in [0.29, 0.717) is 5.56 Å². The third kappa shape index (κ3) is 4.64. The second kappa shape index (κ2) is 8.66. The van der Waals surface area contributed by atoms with Crippen molar-refractivity contribution in [1.29, 1.82) is 0 Å². The highest BCUT2D eigenvalue weighted by Crippen LogP contribution is 2.33. The summed E-state index contributed by atoms with van der Waals surface area (Å²) in [6, 6.07) is 12.8. The largest absolute Gasteiger partial charge is 0.493 e. The molecule has 1 amide bonds. The molecule has 1 atom stereocenters. The first-order chi connectivity index (χ1) is 13.1. The highest BCUT2D eigenvalue weighted by Gasteiger charge is 2.20. The van der Waals surface area contributed by atoms with Crippen molar-refractivity contribution in [1.82, 2.24) is 5.32 Å². The van der Waals surface area contributed by atoms with Gasteiger partial charge in [-0.25, -0.2) is 0 Å². The van der Waals surface area contributed by atoms with E-state index in [4.69, 9.17) is 4.74 Å². The number of alkyl halides is 2. The predicted molar refractivity (Wildman–Crippen MR) is 98.9 cm³/mol. The number of halogens is 2. The van der Waals surface area contributed by atoms with Gasteiger partial charge in [0.05, 0.1) is 13.2 Å². The zero-order valence-corrected chi connectivity index (χ0v) is 15.0. The zero-order chi connectivity index (χ0) is 19.2. The number of carbonyl (C=O) groups is 1. The molecule has 1 aliphatic carbocycles. The molecule has 0 saturated heterocycles. The lowest BCUT2D eigenvalue weighted by Gasteiger charge is -2.25. The average Bonchev–Trinajstić information content (AvgIpc) is 2.67. The smallest absolute Gasteiger partial charge is 0.387 e. The fourth-order valence-electron chi connectivity index (χ4n) is 3.33. The Morgan fingerprint density at radius 1 is 1.22 bits per heavy atom. The molecule has 27 heavy (non-hydrogen) atoms. The van der Waals surface area contributed by atoms with Crippen LogP contribution in [0.2, 0.25) is 0 Å². The molecule has 0 radical (unpaired) electrons.